The fraction of sp³-hybridized carbons (Fsp3) is 0.739. The van der Waals surface area contributed by atoms with Crippen LogP contribution in [0.4, 0.5) is 17.6 Å². The summed E-state index contributed by atoms with van der Waals surface area (Å²) >= 11 is 0. The summed E-state index contributed by atoms with van der Waals surface area (Å²) in [5.74, 6) is -2.94. The molecule has 2 aliphatic rings. The Kier molecular flexibility index (Phi) is 9.29. The molecule has 2 nitrogen and oxygen atoms in total. The molecule has 0 aliphatic heterocycles. The molecule has 2 saturated carbocycles. The van der Waals surface area contributed by atoms with Gasteiger partial charge in [0.05, 0.1) is 13.0 Å². The van der Waals surface area contributed by atoms with Gasteiger partial charge in [-0.05, 0) is 68.4 Å². The monoisotopic (exact) mass is 424 g/mol. The minimum Gasteiger partial charge on any atom is -0.494 e. The number of hydrogen-bond acceptors (Lipinski definition) is 2. The van der Waals surface area contributed by atoms with Crippen molar-refractivity contribution in [2.45, 2.75) is 79.3 Å². The van der Waals surface area contributed by atoms with Crippen molar-refractivity contribution in [2.75, 3.05) is 7.11 Å². The quantitative estimate of drug-likeness (QED) is 0.442. The molecule has 0 radical (unpaired) electrons. The predicted molar refractivity (Wildman–Crippen MR) is 113 cm³/mol. The highest BCUT2D eigenvalue weighted by atomic mass is 19.3. The van der Waals surface area contributed by atoms with Gasteiger partial charge in [-0.15, -0.1) is 0 Å². The molecular formula is C23H40F4O2. The summed E-state index contributed by atoms with van der Waals surface area (Å²) in [5.41, 5.74) is 0. The molecule has 0 spiro atoms. The van der Waals surface area contributed by atoms with Gasteiger partial charge in [0.1, 0.15) is 0 Å². The van der Waals surface area contributed by atoms with E-state index in [0.29, 0.717) is 24.7 Å². The van der Waals surface area contributed by atoms with E-state index >= 15 is 0 Å². The van der Waals surface area contributed by atoms with Gasteiger partial charge < -0.3 is 9.47 Å². The molecule has 172 valence electrons. The molecule has 0 aromatic heterocycles. The number of halogens is 4. The molecule has 0 atom stereocenters. The average molecular weight is 425 g/mol. The summed E-state index contributed by atoms with van der Waals surface area (Å²) in [4.78, 5) is 0. The van der Waals surface area contributed by atoms with Crippen LogP contribution >= 0.6 is 0 Å². The Morgan fingerprint density at radius 2 is 1.28 bits per heavy atom. The van der Waals surface area contributed by atoms with Gasteiger partial charge in [-0.2, -0.15) is 17.6 Å². The third-order valence-electron chi connectivity index (χ3n) is 6.45. The van der Waals surface area contributed by atoms with Crippen LogP contribution in [0.25, 0.3) is 0 Å². The minimum atomic E-state index is -3.52. The molecule has 0 heterocycles. The SMILES string of the molecule is C.C.COc1ccc(OC(F)(F)C2CCC(C3CCC(C)CC3)CC2)c(F)c1F.[HH].[HH]. The zero-order valence-corrected chi connectivity index (χ0v) is 15.9. The fourth-order valence-corrected chi connectivity index (χ4v) is 4.66. The first-order valence-electron chi connectivity index (χ1n) is 9.90. The van der Waals surface area contributed by atoms with Gasteiger partial charge in [-0.3, -0.25) is 0 Å². The summed E-state index contributed by atoms with van der Waals surface area (Å²) in [7, 11) is 1.18. The van der Waals surface area contributed by atoms with Crippen LogP contribution in [0.15, 0.2) is 12.1 Å². The van der Waals surface area contributed by atoms with Crippen molar-refractivity contribution in [3.05, 3.63) is 23.8 Å². The molecule has 2 fully saturated rings. The van der Waals surface area contributed by atoms with E-state index < -0.39 is 29.4 Å². The van der Waals surface area contributed by atoms with Gasteiger partial charge in [0.2, 0.25) is 11.6 Å². The average Bonchev–Trinajstić information content (AvgIpc) is 2.66. The number of benzene rings is 1. The molecule has 1 aromatic carbocycles. The van der Waals surface area contributed by atoms with Crippen LogP contribution < -0.4 is 9.47 Å². The third kappa shape index (κ3) is 5.79. The van der Waals surface area contributed by atoms with Crippen LogP contribution in [0.3, 0.4) is 0 Å². The zero-order valence-electron chi connectivity index (χ0n) is 15.9. The van der Waals surface area contributed by atoms with Crippen molar-refractivity contribution in [3.63, 3.8) is 0 Å². The summed E-state index contributed by atoms with van der Waals surface area (Å²) in [5, 5.41) is 0. The maximum absolute atomic E-state index is 14.6. The van der Waals surface area contributed by atoms with E-state index in [9.17, 15) is 17.6 Å². The first kappa shape index (κ1) is 25.6. The number of alkyl halides is 2. The molecule has 0 amide bonds. The third-order valence-corrected chi connectivity index (χ3v) is 6.45. The van der Waals surface area contributed by atoms with Crippen LogP contribution in [-0.4, -0.2) is 13.2 Å². The van der Waals surface area contributed by atoms with E-state index in [1.807, 2.05) is 0 Å². The molecule has 3 rings (SSSR count). The molecule has 0 unspecified atom stereocenters. The Bertz CT molecular complexity index is 645. The molecule has 0 bridgehead atoms. The van der Waals surface area contributed by atoms with E-state index in [4.69, 9.17) is 0 Å². The number of ether oxygens (including phenoxy) is 2. The zero-order chi connectivity index (χ0) is 19.6. The van der Waals surface area contributed by atoms with Crippen LogP contribution in [0.2, 0.25) is 0 Å². The van der Waals surface area contributed by atoms with E-state index in [2.05, 4.69) is 16.4 Å². The highest BCUT2D eigenvalue weighted by Crippen LogP contribution is 2.45. The van der Waals surface area contributed by atoms with Crippen LogP contribution in [-0.2, 0) is 0 Å². The standard InChI is InChI=1S/C21H28F4O2.2CH4.2H2/c1-13-3-5-14(6-4-13)15-7-9-16(10-8-15)21(24,25)27-18-12-11-17(26-2)19(22)20(18)23;;;;/h11-16H,3-10H2,1-2H3;2*1H4;2*1H. The number of rotatable bonds is 5. The van der Waals surface area contributed by atoms with Gasteiger partial charge in [-0.1, -0.05) is 34.6 Å². The molecule has 2 aliphatic carbocycles. The van der Waals surface area contributed by atoms with Crippen LogP contribution in [0.5, 0.6) is 11.5 Å². The van der Waals surface area contributed by atoms with E-state index in [-0.39, 0.29) is 23.5 Å². The number of methoxy groups -OCH3 is 1. The second-order valence-electron chi connectivity index (χ2n) is 8.19. The topological polar surface area (TPSA) is 18.5 Å². The molecule has 6 heteroatoms. The molecule has 29 heavy (non-hydrogen) atoms. The van der Waals surface area contributed by atoms with Crippen LogP contribution in [0, 0.1) is 35.3 Å². The summed E-state index contributed by atoms with van der Waals surface area (Å²) in [6, 6.07) is 2.07. The Morgan fingerprint density at radius 3 is 1.79 bits per heavy atom. The van der Waals surface area contributed by atoms with E-state index in [1.165, 1.54) is 32.8 Å². The van der Waals surface area contributed by atoms with Gasteiger partial charge in [0.15, 0.2) is 11.5 Å². The summed E-state index contributed by atoms with van der Waals surface area (Å²) in [6.45, 7) is 2.27. The maximum atomic E-state index is 14.6. The molecule has 1 aromatic rings. The van der Waals surface area contributed by atoms with Gasteiger partial charge in [0.25, 0.3) is 0 Å². The number of hydrogen-bond donors (Lipinski definition) is 0. The van der Waals surface area contributed by atoms with Crippen molar-refractivity contribution in [1.82, 2.24) is 0 Å². The van der Waals surface area contributed by atoms with Gasteiger partial charge >= 0.3 is 6.11 Å². The van der Waals surface area contributed by atoms with Gasteiger partial charge in [-0.25, -0.2) is 0 Å². The summed E-state index contributed by atoms with van der Waals surface area (Å²) in [6.07, 6.45) is 3.53. The van der Waals surface area contributed by atoms with Crippen molar-refractivity contribution >= 4 is 0 Å². The highest BCUT2D eigenvalue weighted by Gasteiger charge is 2.45. The first-order chi connectivity index (χ1) is 12.8. The Balaban J connectivity index is 0. The van der Waals surface area contributed by atoms with Crippen molar-refractivity contribution in [2.24, 2.45) is 23.7 Å². The smallest absolute Gasteiger partial charge is 0.400 e. The minimum absolute atomic E-state index is 0. The Hall–Kier alpha value is -1.46. The van der Waals surface area contributed by atoms with Gasteiger partial charge in [0, 0.05) is 2.85 Å². The van der Waals surface area contributed by atoms with Crippen LogP contribution in [0.1, 0.15) is 76.0 Å². The summed E-state index contributed by atoms with van der Waals surface area (Å²) < 4.78 is 66.1. The van der Waals surface area contributed by atoms with Crippen molar-refractivity contribution < 1.29 is 29.9 Å². The largest absolute Gasteiger partial charge is 0.494 e. The van der Waals surface area contributed by atoms with E-state index in [0.717, 1.165) is 30.9 Å². The Labute approximate surface area is 175 Å². The Morgan fingerprint density at radius 1 is 0.828 bits per heavy atom. The lowest BCUT2D eigenvalue weighted by Crippen LogP contribution is -2.38. The lowest BCUT2D eigenvalue weighted by Gasteiger charge is -2.38. The normalized spacial score (nSPS) is 27.4. The highest BCUT2D eigenvalue weighted by molar-refractivity contribution is 5.35. The molecular weight excluding hydrogens is 384 g/mol. The molecule has 0 N–H and O–H groups in total. The second-order valence-corrected chi connectivity index (χ2v) is 8.19. The lowest BCUT2D eigenvalue weighted by molar-refractivity contribution is -0.225. The maximum Gasteiger partial charge on any atom is 0.400 e. The van der Waals surface area contributed by atoms with E-state index in [1.54, 1.807) is 0 Å². The first-order valence-corrected chi connectivity index (χ1v) is 9.90. The predicted octanol–water partition coefficient (Wildman–Crippen LogP) is 8.34. The second kappa shape index (κ2) is 10.5. The van der Waals surface area contributed by atoms with Crippen molar-refractivity contribution in [1.29, 1.82) is 0 Å². The lowest BCUT2D eigenvalue weighted by atomic mass is 9.69. The fourth-order valence-electron chi connectivity index (χ4n) is 4.66. The molecule has 0 saturated heterocycles. The van der Waals surface area contributed by atoms with Crippen molar-refractivity contribution in [3.8, 4) is 11.5 Å².